The summed E-state index contributed by atoms with van der Waals surface area (Å²) in [6.45, 7) is 7.60. The third kappa shape index (κ3) is 9.32. The van der Waals surface area contributed by atoms with Crippen molar-refractivity contribution in [2.24, 2.45) is 5.41 Å². The molecular formula is C16H32O4. The monoisotopic (exact) mass is 288 g/mol. The second-order valence-electron chi connectivity index (χ2n) is 6.36. The molecule has 0 saturated carbocycles. The van der Waals surface area contributed by atoms with Crippen LogP contribution in [-0.2, 0) is 19.0 Å². The van der Waals surface area contributed by atoms with Crippen LogP contribution in [0.2, 0.25) is 0 Å². The van der Waals surface area contributed by atoms with E-state index >= 15 is 0 Å². The number of hydrogen-bond acceptors (Lipinski definition) is 4. The Morgan fingerprint density at radius 1 is 0.950 bits per heavy atom. The fourth-order valence-electron chi connectivity index (χ4n) is 1.85. The predicted octanol–water partition coefficient (Wildman–Crippen LogP) is 3.92. The summed E-state index contributed by atoms with van der Waals surface area (Å²) in [6.07, 6.45) is 6.28. The average Bonchev–Trinajstić information content (AvgIpc) is 2.37. The van der Waals surface area contributed by atoms with Crippen LogP contribution < -0.4 is 0 Å². The zero-order valence-electron chi connectivity index (χ0n) is 14.0. The van der Waals surface area contributed by atoms with Crippen molar-refractivity contribution >= 4 is 5.97 Å². The van der Waals surface area contributed by atoms with Gasteiger partial charge in [0, 0.05) is 14.2 Å². The van der Waals surface area contributed by atoms with E-state index in [4.69, 9.17) is 14.2 Å². The van der Waals surface area contributed by atoms with Crippen molar-refractivity contribution in [1.82, 2.24) is 0 Å². The number of unbranched alkanes of at least 4 members (excludes halogenated alkanes) is 3. The molecule has 120 valence electrons. The molecule has 0 rings (SSSR count). The van der Waals surface area contributed by atoms with E-state index < -0.39 is 5.41 Å². The Balaban J connectivity index is 3.58. The highest BCUT2D eigenvalue weighted by Gasteiger charge is 2.24. The molecule has 0 radical (unpaired) electrons. The first kappa shape index (κ1) is 19.4. The van der Waals surface area contributed by atoms with Crippen molar-refractivity contribution in [3.63, 3.8) is 0 Å². The number of rotatable bonds is 10. The van der Waals surface area contributed by atoms with Crippen LogP contribution in [0.5, 0.6) is 0 Å². The highest BCUT2D eigenvalue weighted by molar-refractivity contribution is 5.75. The second-order valence-corrected chi connectivity index (χ2v) is 6.36. The maximum absolute atomic E-state index is 11.7. The lowest BCUT2D eigenvalue weighted by Crippen LogP contribution is -2.26. The fourth-order valence-corrected chi connectivity index (χ4v) is 1.85. The van der Waals surface area contributed by atoms with Gasteiger partial charge in [0.15, 0.2) is 6.29 Å². The van der Waals surface area contributed by atoms with Gasteiger partial charge in [0.05, 0.1) is 11.5 Å². The van der Waals surface area contributed by atoms with Gasteiger partial charge in [-0.3, -0.25) is 4.79 Å². The van der Waals surface area contributed by atoms with Gasteiger partial charge in [-0.05, 0) is 53.4 Å². The van der Waals surface area contributed by atoms with Gasteiger partial charge in [0.1, 0.15) is 0 Å². The van der Waals surface area contributed by atoms with Crippen LogP contribution in [0.4, 0.5) is 0 Å². The molecule has 0 saturated heterocycles. The van der Waals surface area contributed by atoms with Crippen LogP contribution in [0.15, 0.2) is 0 Å². The summed E-state index contributed by atoms with van der Waals surface area (Å²) in [5.74, 6) is -0.118. The lowest BCUT2D eigenvalue weighted by Gasteiger charge is -2.20. The number of carbonyl (C=O) groups is 1. The molecule has 0 bridgehead atoms. The lowest BCUT2D eigenvalue weighted by molar-refractivity contribution is -0.158. The van der Waals surface area contributed by atoms with Gasteiger partial charge < -0.3 is 14.2 Å². The Kier molecular flexibility index (Phi) is 9.86. The van der Waals surface area contributed by atoms with Crippen LogP contribution in [0.3, 0.4) is 0 Å². The van der Waals surface area contributed by atoms with Crippen molar-refractivity contribution in [3.8, 4) is 0 Å². The van der Waals surface area contributed by atoms with E-state index in [0.29, 0.717) is 0 Å². The van der Waals surface area contributed by atoms with Crippen LogP contribution in [-0.4, -0.2) is 32.6 Å². The van der Waals surface area contributed by atoms with Gasteiger partial charge >= 0.3 is 5.97 Å². The highest BCUT2D eigenvalue weighted by Crippen LogP contribution is 2.18. The molecule has 0 spiro atoms. The third-order valence-electron chi connectivity index (χ3n) is 3.25. The smallest absolute Gasteiger partial charge is 0.311 e. The van der Waals surface area contributed by atoms with E-state index in [1.165, 1.54) is 0 Å². The second kappa shape index (κ2) is 10.2. The van der Waals surface area contributed by atoms with Gasteiger partial charge in [-0.2, -0.15) is 0 Å². The molecular weight excluding hydrogens is 256 g/mol. The SMILES string of the molecule is COC(CCCCCCC(C)OC(=O)C(C)(C)C)OC. The summed E-state index contributed by atoms with van der Waals surface area (Å²) in [7, 11) is 3.33. The number of ether oxygens (including phenoxy) is 3. The van der Waals surface area contributed by atoms with Crippen LogP contribution in [0.25, 0.3) is 0 Å². The van der Waals surface area contributed by atoms with Gasteiger partial charge in [0.25, 0.3) is 0 Å². The number of carbonyl (C=O) groups excluding carboxylic acids is 1. The minimum atomic E-state index is -0.413. The quantitative estimate of drug-likeness (QED) is 0.347. The van der Waals surface area contributed by atoms with E-state index in [1.807, 2.05) is 27.7 Å². The number of esters is 1. The molecule has 0 aromatic heterocycles. The molecule has 0 aliphatic heterocycles. The minimum Gasteiger partial charge on any atom is -0.462 e. The molecule has 4 nitrogen and oxygen atoms in total. The predicted molar refractivity (Wildman–Crippen MR) is 80.5 cm³/mol. The minimum absolute atomic E-state index is 0.00687. The molecule has 1 unspecified atom stereocenters. The molecule has 4 heteroatoms. The van der Waals surface area contributed by atoms with Crippen LogP contribution >= 0.6 is 0 Å². The van der Waals surface area contributed by atoms with Crippen molar-refractivity contribution in [2.75, 3.05) is 14.2 Å². The molecule has 0 fully saturated rings. The molecule has 0 aromatic carbocycles. The molecule has 0 N–H and O–H groups in total. The van der Waals surface area contributed by atoms with Crippen molar-refractivity contribution in [1.29, 1.82) is 0 Å². The van der Waals surface area contributed by atoms with E-state index in [-0.39, 0.29) is 18.4 Å². The lowest BCUT2D eigenvalue weighted by atomic mass is 9.97. The summed E-state index contributed by atoms with van der Waals surface area (Å²) >= 11 is 0. The summed E-state index contributed by atoms with van der Waals surface area (Å²) in [4.78, 5) is 11.7. The summed E-state index contributed by atoms with van der Waals surface area (Å²) in [5, 5.41) is 0. The van der Waals surface area contributed by atoms with Gasteiger partial charge in [-0.1, -0.05) is 12.8 Å². The van der Waals surface area contributed by atoms with Crippen LogP contribution in [0, 0.1) is 5.41 Å². The van der Waals surface area contributed by atoms with E-state index in [0.717, 1.165) is 38.5 Å². The molecule has 0 amide bonds. The molecule has 20 heavy (non-hydrogen) atoms. The molecule has 1 atom stereocenters. The Bertz CT molecular complexity index is 254. The van der Waals surface area contributed by atoms with Gasteiger partial charge in [-0.15, -0.1) is 0 Å². The maximum atomic E-state index is 11.7. The van der Waals surface area contributed by atoms with Gasteiger partial charge in [0.2, 0.25) is 0 Å². The largest absolute Gasteiger partial charge is 0.462 e. The van der Waals surface area contributed by atoms with E-state index in [1.54, 1.807) is 14.2 Å². The summed E-state index contributed by atoms with van der Waals surface area (Å²) in [6, 6.07) is 0. The maximum Gasteiger partial charge on any atom is 0.311 e. The van der Waals surface area contributed by atoms with Crippen molar-refractivity contribution < 1.29 is 19.0 Å². The molecule has 0 aromatic rings. The Hall–Kier alpha value is -0.610. The van der Waals surface area contributed by atoms with Crippen molar-refractivity contribution in [2.45, 2.75) is 78.6 Å². The average molecular weight is 288 g/mol. The summed E-state index contributed by atoms with van der Waals surface area (Å²) < 4.78 is 15.7. The van der Waals surface area contributed by atoms with E-state index in [2.05, 4.69) is 0 Å². The van der Waals surface area contributed by atoms with Gasteiger partial charge in [-0.25, -0.2) is 0 Å². The zero-order valence-corrected chi connectivity index (χ0v) is 14.0. The number of methoxy groups -OCH3 is 2. The standard InChI is InChI=1S/C16H32O4/c1-13(20-15(17)16(2,3)4)11-9-7-8-10-12-14(18-5)19-6/h13-14H,7-12H2,1-6H3. The molecule has 0 aliphatic carbocycles. The fraction of sp³-hybridized carbons (Fsp3) is 0.938. The Morgan fingerprint density at radius 2 is 1.45 bits per heavy atom. The molecule has 0 heterocycles. The number of hydrogen-bond donors (Lipinski definition) is 0. The third-order valence-corrected chi connectivity index (χ3v) is 3.25. The normalized spacial score (nSPS) is 13.6. The Morgan fingerprint density at radius 3 is 1.90 bits per heavy atom. The topological polar surface area (TPSA) is 44.8 Å². The Labute approximate surface area is 124 Å². The first-order chi connectivity index (χ1) is 9.31. The first-order valence-electron chi connectivity index (χ1n) is 7.58. The summed E-state index contributed by atoms with van der Waals surface area (Å²) in [5.41, 5.74) is -0.413. The van der Waals surface area contributed by atoms with Crippen molar-refractivity contribution in [3.05, 3.63) is 0 Å². The highest BCUT2D eigenvalue weighted by atomic mass is 16.7. The molecule has 0 aliphatic rings. The van der Waals surface area contributed by atoms with Crippen LogP contribution in [0.1, 0.15) is 66.2 Å². The van der Waals surface area contributed by atoms with E-state index in [9.17, 15) is 4.79 Å². The zero-order chi connectivity index (χ0) is 15.6. The first-order valence-corrected chi connectivity index (χ1v) is 7.58.